The summed E-state index contributed by atoms with van der Waals surface area (Å²) < 4.78 is 0. The predicted octanol–water partition coefficient (Wildman–Crippen LogP) is 2.60. The maximum atomic E-state index is 12.3. The van der Waals surface area contributed by atoms with Crippen LogP contribution in [0.4, 0.5) is 0 Å². The van der Waals surface area contributed by atoms with E-state index in [1.54, 1.807) is 6.20 Å². The van der Waals surface area contributed by atoms with Crippen LogP contribution in [0.1, 0.15) is 40.4 Å². The number of nitrogens with zero attached hydrogens (tertiary/aromatic N) is 1. The lowest BCUT2D eigenvalue weighted by molar-refractivity contribution is 0.0909. The number of benzene rings is 1. The van der Waals surface area contributed by atoms with Gasteiger partial charge in [0.05, 0.1) is 6.04 Å². The second-order valence-electron chi connectivity index (χ2n) is 5.39. The van der Waals surface area contributed by atoms with Gasteiger partial charge in [-0.1, -0.05) is 24.3 Å². The Morgan fingerprint density at radius 1 is 1.16 bits per heavy atom. The number of hydrogen-bond donors (Lipinski definition) is 1. The average Bonchev–Trinajstić information content (AvgIpc) is 3.26. The Labute approximate surface area is 111 Å². The molecule has 1 aromatic heterocycles. The van der Waals surface area contributed by atoms with Crippen molar-refractivity contribution in [3.63, 3.8) is 0 Å². The highest BCUT2D eigenvalue weighted by atomic mass is 16.1. The summed E-state index contributed by atoms with van der Waals surface area (Å²) in [6.45, 7) is 0. The number of hydrogen-bond acceptors (Lipinski definition) is 2. The fourth-order valence-electron chi connectivity index (χ4n) is 3.26. The monoisotopic (exact) mass is 250 g/mol. The first-order chi connectivity index (χ1) is 9.31. The van der Waals surface area contributed by atoms with Gasteiger partial charge in [0.15, 0.2) is 0 Å². The van der Waals surface area contributed by atoms with Gasteiger partial charge in [-0.05, 0) is 36.1 Å². The van der Waals surface area contributed by atoms with Gasteiger partial charge >= 0.3 is 0 Å². The minimum atomic E-state index is 0.0296. The summed E-state index contributed by atoms with van der Waals surface area (Å²) in [4.78, 5) is 16.4. The van der Waals surface area contributed by atoms with Crippen LogP contribution in [0.2, 0.25) is 0 Å². The van der Waals surface area contributed by atoms with Crippen molar-refractivity contribution >= 4 is 5.91 Å². The SMILES string of the molecule is O=C1NC(c2cccnc2)C2(CC2)c2ccccc21. The van der Waals surface area contributed by atoms with Crippen LogP contribution in [0, 0.1) is 0 Å². The Hall–Kier alpha value is -2.16. The molecular formula is C16H14N2O. The van der Waals surface area contributed by atoms with Crippen LogP contribution in [0.5, 0.6) is 0 Å². The lowest BCUT2D eigenvalue weighted by Crippen LogP contribution is -2.42. The third-order valence-corrected chi connectivity index (χ3v) is 4.34. The Balaban J connectivity index is 1.87. The van der Waals surface area contributed by atoms with Crippen molar-refractivity contribution in [2.75, 3.05) is 0 Å². The second kappa shape index (κ2) is 3.67. The fraction of sp³-hybridized carbons (Fsp3) is 0.250. The molecule has 2 aliphatic rings. The van der Waals surface area contributed by atoms with Crippen LogP contribution in [0.25, 0.3) is 0 Å². The fourth-order valence-corrected chi connectivity index (χ4v) is 3.26. The molecule has 1 aliphatic heterocycles. The van der Waals surface area contributed by atoms with E-state index in [0.29, 0.717) is 0 Å². The molecule has 0 radical (unpaired) electrons. The number of amides is 1. The summed E-state index contributed by atoms with van der Waals surface area (Å²) in [5, 5.41) is 3.16. The van der Waals surface area contributed by atoms with E-state index in [1.807, 2.05) is 36.5 Å². The number of fused-ring (bicyclic) bond motifs is 2. The zero-order valence-electron chi connectivity index (χ0n) is 10.5. The van der Waals surface area contributed by atoms with Crippen molar-refractivity contribution in [2.45, 2.75) is 24.3 Å². The summed E-state index contributed by atoms with van der Waals surface area (Å²) in [5.74, 6) is 0.0296. The first-order valence-corrected chi connectivity index (χ1v) is 6.62. The Bertz CT molecular complexity index is 647. The third kappa shape index (κ3) is 1.44. The van der Waals surface area contributed by atoms with Crippen LogP contribution >= 0.6 is 0 Å². The number of rotatable bonds is 1. The normalized spacial score (nSPS) is 22.7. The molecule has 0 saturated heterocycles. The van der Waals surface area contributed by atoms with Crippen LogP contribution in [0.15, 0.2) is 48.8 Å². The summed E-state index contributed by atoms with van der Waals surface area (Å²) in [5.41, 5.74) is 3.23. The van der Waals surface area contributed by atoms with Gasteiger partial charge in [-0.25, -0.2) is 0 Å². The molecule has 1 spiro atoms. The van der Waals surface area contributed by atoms with E-state index in [9.17, 15) is 4.79 Å². The molecule has 1 aromatic carbocycles. The van der Waals surface area contributed by atoms with E-state index in [0.717, 1.165) is 24.0 Å². The van der Waals surface area contributed by atoms with E-state index in [-0.39, 0.29) is 17.4 Å². The molecule has 2 aromatic rings. The predicted molar refractivity (Wildman–Crippen MR) is 71.8 cm³/mol. The number of nitrogens with one attached hydrogen (secondary N) is 1. The molecule has 1 atom stereocenters. The van der Waals surface area contributed by atoms with Crippen LogP contribution < -0.4 is 5.32 Å². The number of pyridine rings is 1. The molecule has 4 rings (SSSR count). The number of carbonyl (C=O) groups is 1. The van der Waals surface area contributed by atoms with Gasteiger partial charge in [0.1, 0.15) is 0 Å². The summed E-state index contributed by atoms with van der Waals surface area (Å²) >= 11 is 0. The highest BCUT2D eigenvalue weighted by Crippen LogP contribution is 2.58. The van der Waals surface area contributed by atoms with Crippen LogP contribution in [-0.4, -0.2) is 10.9 Å². The molecule has 0 bridgehead atoms. The zero-order chi connectivity index (χ0) is 12.9. The molecule has 3 nitrogen and oxygen atoms in total. The maximum Gasteiger partial charge on any atom is 0.252 e. The highest BCUT2D eigenvalue weighted by Gasteiger charge is 2.55. The lowest BCUT2D eigenvalue weighted by atomic mass is 9.79. The number of aromatic nitrogens is 1. The molecule has 94 valence electrons. The first-order valence-electron chi connectivity index (χ1n) is 6.62. The average molecular weight is 250 g/mol. The summed E-state index contributed by atoms with van der Waals surface area (Å²) in [6.07, 6.45) is 5.88. The Morgan fingerprint density at radius 2 is 2.00 bits per heavy atom. The van der Waals surface area contributed by atoms with Gasteiger partial charge in [0, 0.05) is 23.4 Å². The van der Waals surface area contributed by atoms with Crippen LogP contribution in [0.3, 0.4) is 0 Å². The van der Waals surface area contributed by atoms with E-state index >= 15 is 0 Å². The van der Waals surface area contributed by atoms with Crippen molar-refractivity contribution < 1.29 is 4.79 Å². The summed E-state index contributed by atoms with van der Waals surface area (Å²) in [7, 11) is 0. The first kappa shape index (κ1) is 10.7. The smallest absolute Gasteiger partial charge is 0.252 e. The highest BCUT2D eigenvalue weighted by molar-refractivity contribution is 5.98. The molecule has 1 saturated carbocycles. The van der Waals surface area contributed by atoms with Crippen molar-refractivity contribution in [3.8, 4) is 0 Å². The van der Waals surface area contributed by atoms with E-state index in [2.05, 4.69) is 16.4 Å². The Morgan fingerprint density at radius 3 is 2.74 bits per heavy atom. The maximum absolute atomic E-state index is 12.3. The molecule has 1 N–H and O–H groups in total. The van der Waals surface area contributed by atoms with E-state index < -0.39 is 0 Å². The van der Waals surface area contributed by atoms with E-state index in [4.69, 9.17) is 0 Å². The molecule has 1 fully saturated rings. The lowest BCUT2D eigenvalue weighted by Gasteiger charge is -2.34. The Kier molecular flexibility index (Phi) is 2.07. The topological polar surface area (TPSA) is 42.0 Å². The molecule has 2 heterocycles. The van der Waals surface area contributed by atoms with Crippen LogP contribution in [-0.2, 0) is 5.41 Å². The molecule has 1 aliphatic carbocycles. The van der Waals surface area contributed by atoms with Gasteiger partial charge in [-0.3, -0.25) is 9.78 Å². The quantitative estimate of drug-likeness (QED) is 0.845. The molecule has 19 heavy (non-hydrogen) atoms. The third-order valence-electron chi connectivity index (χ3n) is 4.34. The minimum absolute atomic E-state index is 0.0296. The second-order valence-corrected chi connectivity index (χ2v) is 5.39. The molecular weight excluding hydrogens is 236 g/mol. The van der Waals surface area contributed by atoms with E-state index in [1.165, 1.54) is 5.56 Å². The van der Waals surface area contributed by atoms with Crippen molar-refractivity contribution in [3.05, 3.63) is 65.5 Å². The minimum Gasteiger partial charge on any atom is -0.344 e. The van der Waals surface area contributed by atoms with Crippen molar-refractivity contribution in [2.24, 2.45) is 0 Å². The molecule has 1 unspecified atom stereocenters. The molecule has 1 amide bonds. The molecule has 3 heteroatoms. The number of carbonyl (C=O) groups excluding carboxylic acids is 1. The zero-order valence-corrected chi connectivity index (χ0v) is 10.5. The standard InChI is InChI=1S/C16H14N2O/c19-15-12-5-1-2-6-13(12)16(7-8-16)14(18-15)11-4-3-9-17-10-11/h1-6,9-10,14H,7-8H2,(H,18,19). The van der Waals surface area contributed by atoms with Gasteiger partial charge in [0.25, 0.3) is 5.91 Å². The van der Waals surface area contributed by atoms with Crippen molar-refractivity contribution in [1.29, 1.82) is 0 Å². The summed E-state index contributed by atoms with van der Waals surface area (Å²) in [6, 6.07) is 12.0. The van der Waals surface area contributed by atoms with Gasteiger partial charge in [0.2, 0.25) is 0 Å². The van der Waals surface area contributed by atoms with Crippen molar-refractivity contribution in [1.82, 2.24) is 10.3 Å². The van der Waals surface area contributed by atoms with Gasteiger partial charge in [-0.15, -0.1) is 0 Å². The largest absolute Gasteiger partial charge is 0.344 e. The van der Waals surface area contributed by atoms with Gasteiger partial charge < -0.3 is 5.32 Å². The van der Waals surface area contributed by atoms with Gasteiger partial charge in [-0.2, -0.15) is 0 Å².